The summed E-state index contributed by atoms with van der Waals surface area (Å²) in [6.07, 6.45) is 1.76. The van der Waals surface area contributed by atoms with Crippen molar-refractivity contribution in [2.24, 2.45) is 0 Å². The van der Waals surface area contributed by atoms with Gasteiger partial charge in [0.1, 0.15) is 17.4 Å². The Morgan fingerprint density at radius 2 is 2.30 bits per heavy atom. The maximum atomic E-state index is 6.22. The van der Waals surface area contributed by atoms with Crippen LogP contribution in [0.15, 0.2) is 29.8 Å². The van der Waals surface area contributed by atoms with Gasteiger partial charge in [-0.15, -0.1) is 11.3 Å². The number of thiazole rings is 1. The Hall–Kier alpha value is -1.14. The molecule has 20 heavy (non-hydrogen) atoms. The number of nitrogens with zero attached hydrogens (tertiary/aromatic N) is 1. The molecule has 1 aromatic carbocycles. The quantitative estimate of drug-likeness (QED) is 0.761. The minimum Gasteiger partial charge on any atom is -0.485 e. The lowest BCUT2D eigenvalue weighted by atomic mass is 10.2. The molecule has 1 N–H and O–H groups in total. The third-order valence-electron chi connectivity index (χ3n) is 2.64. The van der Waals surface area contributed by atoms with Crippen molar-refractivity contribution in [2.45, 2.75) is 13.2 Å². The molecule has 0 unspecified atom stereocenters. The van der Waals surface area contributed by atoms with Crippen LogP contribution in [0.3, 0.4) is 0 Å². The first kappa shape index (κ1) is 15.3. The molecule has 0 aliphatic carbocycles. The monoisotopic (exact) mass is 312 g/mol. The summed E-state index contributed by atoms with van der Waals surface area (Å²) < 4.78 is 10.6. The number of hydrogen-bond acceptors (Lipinski definition) is 5. The fourth-order valence-corrected chi connectivity index (χ4v) is 2.43. The topological polar surface area (TPSA) is 43.4 Å². The number of ether oxygens (including phenoxy) is 2. The van der Waals surface area contributed by atoms with E-state index in [0.29, 0.717) is 24.0 Å². The zero-order valence-corrected chi connectivity index (χ0v) is 12.8. The zero-order chi connectivity index (χ0) is 14.2. The molecule has 2 rings (SSSR count). The predicted molar refractivity (Wildman–Crippen MR) is 81.5 cm³/mol. The van der Waals surface area contributed by atoms with Crippen molar-refractivity contribution >= 4 is 22.9 Å². The molecule has 0 amide bonds. The second-order valence-electron chi connectivity index (χ2n) is 4.15. The van der Waals surface area contributed by atoms with E-state index in [1.165, 1.54) is 0 Å². The van der Waals surface area contributed by atoms with E-state index in [4.69, 9.17) is 21.1 Å². The summed E-state index contributed by atoms with van der Waals surface area (Å²) in [4.78, 5) is 4.17. The van der Waals surface area contributed by atoms with Crippen molar-refractivity contribution in [3.8, 4) is 5.75 Å². The SMILES string of the molecule is COCCNCc1ccc(OCc2nccs2)c(Cl)c1. The van der Waals surface area contributed by atoms with Crippen LogP contribution in [0.4, 0.5) is 0 Å². The lowest BCUT2D eigenvalue weighted by Gasteiger charge is -2.09. The molecule has 0 atom stereocenters. The van der Waals surface area contributed by atoms with Gasteiger partial charge in [-0.2, -0.15) is 0 Å². The maximum absolute atomic E-state index is 6.22. The van der Waals surface area contributed by atoms with E-state index in [1.807, 2.05) is 23.6 Å². The van der Waals surface area contributed by atoms with E-state index in [-0.39, 0.29) is 0 Å². The molecule has 1 aromatic heterocycles. The molecule has 0 aliphatic heterocycles. The van der Waals surface area contributed by atoms with Crippen LogP contribution in [0.1, 0.15) is 10.6 Å². The summed E-state index contributed by atoms with van der Waals surface area (Å²) in [7, 11) is 1.69. The number of benzene rings is 1. The smallest absolute Gasteiger partial charge is 0.140 e. The van der Waals surface area contributed by atoms with Crippen molar-refractivity contribution in [1.82, 2.24) is 10.3 Å². The van der Waals surface area contributed by atoms with Crippen LogP contribution in [0, 0.1) is 0 Å². The second-order valence-corrected chi connectivity index (χ2v) is 5.54. The third-order valence-corrected chi connectivity index (χ3v) is 3.69. The molecule has 6 heteroatoms. The molecule has 0 spiro atoms. The van der Waals surface area contributed by atoms with E-state index >= 15 is 0 Å². The normalized spacial score (nSPS) is 10.7. The molecule has 0 saturated carbocycles. The van der Waals surface area contributed by atoms with Gasteiger partial charge in [-0.1, -0.05) is 17.7 Å². The van der Waals surface area contributed by atoms with Gasteiger partial charge < -0.3 is 14.8 Å². The lowest BCUT2D eigenvalue weighted by Crippen LogP contribution is -2.18. The number of nitrogens with one attached hydrogen (secondary N) is 1. The van der Waals surface area contributed by atoms with Crippen LogP contribution < -0.4 is 10.1 Å². The molecular formula is C14H17ClN2O2S. The highest BCUT2D eigenvalue weighted by Gasteiger charge is 2.04. The molecule has 4 nitrogen and oxygen atoms in total. The van der Waals surface area contributed by atoms with Crippen LogP contribution in [0.5, 0.6) is 5.75 Å². The molecule has 0 bridgehead atoms. The van der Waals surface area contributed by atoms with Gasteiger partial charge in [0.05, 0.1) is 11.6 Å². The fraction of sp³-hybridized carbons (Fsp3) is 0.357. The van der Waals surface area contributed by atoms with E-state index < -0.39 is 0 Å². The number of rotatable bonds is 8. The number of hydrogen-bond donors (Lipinski definition) is 1. The van der Waals surface area contributed by atoms with Crippen LogP contribution in [-0.2, 0) is 17.9 Å². The van der Waals surface area contributed by atoms with Crippen molar-refractivity contribution in [3.63, 3.8) is 0 Å². The van der Waals surface area contributed by atoms with Gasteiger partial charge in [0.25, 0.3) is 0 Å². The summed E-state index contributed by atoms with van der Waals surface area (Å²) in [5.74, 6) is 0.683. The van der Waals surface area contributed by atoms with Crippen molar-refractivity contribution < 1.29 is 9.47 Å². The molecule has 1 heterocycles. The Bertz CT molecular complexity index is 520. The van der Waals surface area contributed by atoms with Crippen LogP contribution in [0.2, 0.25) is 5.02 Å². The second kappa shape index (κ2) is 8.21. The molecule has 0 saturated heterocycles. The van der Waals surface area contributed by atoms with Crippen molar-refractivity contribution in [2.75, 3.05) is 20.3 Å². The number of methoxy groups -OCH3 is 1. The Kier molecular flexibility index (Phi) is 6.26. The Morgan fingerprint density at radius 3 is 3.00 bits per heavy atom. The lowest BCUT2D eigenvalue weighted by molar-refractivity contribution is 0.199. The highest BCUT2D eigenvalue weighted by Crippen LogP contribution is 2.26. The van der Waals surface area contributed by atoms with Crippen LogP contribution in [0.25, 0.3) is 0 Å². The van der Waals surface area contributed by atoms with E-state index in [0.717, 1.165) is 23.7 Å². The molecule has 2 aromatic rings. The Balaban J connectivity index is 1.85. The van der Waals surface area contributed by atoms with Gasteiger partial charge in [-0.25, -0.2) is 4.98 Å². The predicted octanol–water partition coefficient (Wildman–Crippen LogP) is 3.11. The standard InChI is InChI=1S/C14H17ClN2O2S/c1-18-6-4-16-9-11-2-3-13(12(15)8-11)19-10-14-17-5-7-20-14/h2-3,5,7-8,16H,4,6,9-10H2,1H3. The van der Waals surface area contributed by atoms with Crippen molar-refractivity contribution in [3.05, 3.63) is 45.4 Å². The van der Waals surface area contributed by atoms with Crippen LogP contribution in [-0.4, -0.2) is 25.2 Å². The van der Waals surface area contributed by atoms with Gasteiger partial charge in [0, 0.05) is 31.8 Å². The molecule has 0 radical (unpaired) electrons. The fourth-order valence-electron chi connectivity index (χ4n) is 1.64. The van der Waals surface area contributed by atoms with Crippen LogP contribution >= 0.6 is 22.9 Å². The summed E-state index contributed by atoms with van der Waals surface area (Å²) in [5, 5.41) is 6.75. The van der Waals surface area contributed by atoms with Crippen molar-refractivity contribution in [1.29, 1.82) is 0 Å². The summed E-state index contributed by atoms with van der Waals surface area (Å²) in [6.45, 7) is 2.72. The van der Waals surface area contributed by atoms with E-state index in [1.54, 1.807) is 24.6 Å². The summed E-state index contributed by atoms with van der Waals surface area (Å²) in [5.41, 5.74) is 1.12. The first-order valence-corrected chi connectivity index (χ1v) is 7.54. The molecule has 108 valence electrons. The minimum absolute atomic E-state index is 0.447. The molecule has 0 fully saturated rings. The highest BCUT2D eigenvalue weighted by molar-refractivity contribution is 7.09. The third kappa shape index (κ3) is 4.76. The largest absolute Gasteiger partial charge is 0.485 e. The van der Waals surface area contributed by atoms with E-state index in [2.05, 4.69) is 10.3 Å². The minimum atomic E-state index is 0.447. The van der Waals surface area contributed by atoms with Gasteiger partial charge in [-0.3, -0.25) is 0 Å². The summed E-state index contributed by atoms with van der Waals surface area (Å²) in [6, 6.07) is 5.81. The summed E-state index contributed by atoms with van der Waals surface area (Å²) >= 11 is 7.78. The van der Waals surface area contributed by atoms with Gasteiger partial charge in [-0.05, 0) is 17.7 Å². The van der Waals surface area contributed by atoms with Gasteiger partial charge >= 0.3 is 0 Å². The van der Waals surface area contributed by atoms with Gasteiger partial charge in [0.2, 0.25) is 0 Å². The first-order valence-electron chi connectivity index (χ1n) is 6.29. The zero-order valence-electron chi connectivity index (χ0n) is 11.3. The highest BCUT2D eigenvalue weighted by atomic mass is 35.5. The van der Waals surface area contributed by atoms with E-state index in [9.17, 15) is 0 Å². The average molecular weight is 313 g/mol. The Labute approximate surface area is 127 Å². The van der Waals surface area contributed by atoms with Gasteiger partial charge in [0.15, 0.2) is 0 Å². The average Bonchev–Trinajstić information content (AvgIpc) is 2.96. The maximum Gasteiger partial charge on any atom is 0.140 e. The molecular weight excluding hydrogens is 296 g/mol. The number of aromatic nitrogens is 1. The first-order chi connectivity index (χ1) is 9.79. The molecule has 0 aliphatic rings. The Morgan fingerprint density at radius 1 is 1.40 bits per heavy atom. The number of halogens is 1.